The number of carbonyl (C=O) groups is 1. The van der Waals surface area contributed by atoms with Crippen LogP contribution in [0.4, 0.5) is 0 Å². The Bertz CT molecular complexity index is 1190. The summed E-state index contributed by atoms with van der Waals surface area (Å²) in [6, 6.07) is 4.23. The van der Waals surface area contributed by atoms with Crippen molar-refractivity contribution in [1.82, 2.24) is 19.6 Å². The van der Waals surface area contributed by atoms with Gasteiger partial charge in [-0.1, -0.05) is 0 Å². The number of aromatic amines is 1. The second-order valence-electron chi connectivity index (χ2n) is 8.42. The van der Waals surface area contributed by atoms with Gasteiger partial charge in [-0.15, -0.1) is 0 Å². The van der Waals surface area contributed by atoms with Gasteiger partial charge in [0.25, 0.3) is 0 Å². The van der Waals surface area contributed by atoms with Crippen molar-refractivity contribution in [1.29, 1.82) is 5.26 Å². The first kappa shape index (κ1) is 22.5. The first-order valence-corrected chi connectivity index (χ1v) is 11.3. The average Bonchev–Trinajstić information content (AvgIpc) is 3.41. The molecular weight excluding hydrogens is 426 g/mol. The Kier molecular flexibility index (Phi) is 6.72. The van der Waals surface area contributed by atoms with Gasteiger partial charge in [0.15, 0.2) is 11.9 Å². The highest BCUT2D eigenvalue weighted by Crippen LogP contribution is 2.30. The Morgan fingerprint density at radius 1 is 1.42 bits per heavy atom. The minimum Gasteiger partial charge on any atom is -0.454 e. The molecule has 11 heteroatoms. The van der Waals surface area contributed by atoms with E-state index >= 15 is 0 Å². The Morgan fingerprint density at radius 2 is 2.21 bits per heavy atom. The third-order valence-corrected chi connectivity index (χ3v) is 6.10. The van der Waals surface area contributed by atoms with Gasteiger partial charge in [0.2, 0.25) is 6.54 Å². The number of ether oxygens (including phenoxy) is 1. The SMILES string of the molecule is CC(OC(=O)CCCC[N+](=O)[O-])c1nc2cnc3[nH]ccc3c2n1N1CCC(CC#N)CC1. The topological polar surface area (TPSA) is 143 Å². The van der Waals surface area contributed by atoms with E-state index in [0.29, 0.717) is 36.5 Å². The van der Waals surface area contributed by atoms with E-state index < -0.39 is 12.1 Å². The zero-order valence-corrected chi connectivity index (χ0v) is 18.6. The summed E-state index contributed by atoms with van der Waals surface area (Å²) in [5.74, 6) is 0.591. The van der Waals surface area contributed by atoms with E-state index in [1.165, 1.54) is 0 Å². The van der Waals surface area contributed by atoms with Crippen molar-refractivity contribution in [2.24, 2.45) is 5.92 Å². The number of aromatic nitrogens is 4. The number of carbonyl (C=O) groups excluding carboxylic acids is 1. The molecule has 174 valence electrons. The van der Waals surface area contributed by atoms with E-state index in [1.807, 2.05) is 16.9 Å². The Hall–Kier alpha value is -3.68. The number of H-pyrrole nitrogens is 1. The van der Waals surface area contributed by atoms with Crippen LogP contribution in [0.25, 0.3) is 22.1 Å². The first-order valence-electron chi connectivity index (χ1n) is 11.3. The molecule has 11 nitrogen and oxygen atoms in total. The Morgan fingerprint density at radius 3 is 2.94 bits per heavy atom. The molecule has 1 atom stereocenters. The molecule has 0 aromatic carbocycles. The quantitative estimate of drug-likeness (QED) is 0.225. The van der Waals surface area contributed by atoms with Gasteiger partial charge in [-0.2, -0.15) is 5.26 Å². The molecule has 1 aliphatic rings. The molecular formula is C22H27N7O4. The Labute approximate surface area is 190 Å². The Balaban J connectivity index is 1.59. The minimum atomic E-state index is -0.605. The predicted octanol–water partition coefficient (Wildman–Crippen LogP) is 3.23. The van der Waals surface area contributed by atoms with E-state index in [2.05, 4.69) is 21.0 Å². The van der Waals surface area contributed by atoms with Crippen LogP contribution in [0.15, 0.2) is 18.5 Å². The fourth-order valence-corrected chi connectivity index (χ4v) is 4.39. The van der Waals surface area contributed by atoms with Gasteiger partial charge in [0.05, 0.1) is 12.3 Å². The summed E-state index contributed by atoms with van der Waals surface area (Å²) in [6.45, 7) is 3.16. The predicted molar refractivity (Wildman–Crippen MR) is 121 cm³/mol. The van der Waals surface area contributed by atoms with Crippen LogP contribution in [-0.2, 0) is 9.53 Å². The minimum absolute atomic E-state index is 0.127. The maximum absolute atomic E-state index is 12.4. The van der Waals surface area contributed by atoms with Crippen LogP contribution in [0.5, 0.6) is 0 Å². The molecule has 33 heavy (non-hydrogen) atoms. The van der Waals surface area contributed by atoms with Crippen LogP contribution in [-0.4, -0.2) is 50.2 Å². The van der Waals surface area contributed by atoms with Crippen LogP contribution in [0.3, 0.4) is 0 Å². The molecule has 1 aliphatic heterocycles. The molecule has 0 bridgehead atoms. The van der Waals surface area contributed by atoms with Gasteiger partial charge >= 0.3 is 5.97 Å². The molecule has 3 aromatic rings. The number of hydrogen-bond donors (Lipinski definition) is 1. The number of piperidine rings is 1. The normalized spacial score (nSPS) is 15.6. The van der Waals surface area contributed by atoms with Crippen molar-refractivity contribution >= 4 is 28.0 Å². The third kappa shape index (κ3) is 4.89. The maximum Gasteiger partial charge on any atom is 0.306 e. The number of hydrogen-bond acceptors (Lipinski definition) is 8. The molecule has 3 aromatic heterocycles. The standard InChI is InChI=1S/C22H27N7O4/c1-15(33-19(30)4-2-3-11-28(31)32)22-26-18-14-25-21-17(6-10-24-21)20(18)29(22)27-12-7-16(5-9-23)8-13-27/h6,10,14-16H,2-5,7-8,11-13H2,1H3,(H,24,25). The first-order chi connectivity index (χ1) is 16.0. The number of nitrogens with zero attached hydrogens (tertiary/aromatic N) is 6. The van der Waals surface area contributed by atoms with Gasteiger partial charge in [-0.3, -0.25) is 14.9 Å². The number of pyridine rings is 1. The van der Waals surface area contributed by atoms with Gasteiger partial charge in [-0.25, -0.2) is 14.6 Å². The number of nitro groups is 1. The largest absolute Gasteiger partial charge is 0.454 e. The highest BCUT2D eigenvalue weighted by Gasteiger charge is 2.28. The summed E-state index contributed by atoms with van der Waals surface area (Å²) in [7, 11) is 0. The monoisotopic (exact) mass is 453 g/mol. The molecule has 1 unspecified atom stereocenters. The van der Waals surface area contributed by atoms with Crippen LogP contribution < -0.4 is 5.01 Å². The molecule has 1 fully saturated rings. The second kappa shape index (κ2) is 9.85. The summed E-state index contributed by atoms with van der Waals surface area (Å²) >= 11 is 0. The summed E-state index contributed by atoms with van der Waals surface area (Å²) in [4.78, 5) is 34.8. The van der Waals surface area contributed by atoms with E-state index in [0.717, 1.165) is 42.5 Å². The molecule has 4 rings (SSSR count). The number of nitrogens with one attached hydrogen (secondary N) is 1. The lowest BCUT2D eigenvalue weighted by Crippen LogP contribution is -2.43. The maximum atomic E-state index is 12.4. The molecule has 0 amide bonds. The van der Waals surface area contributed by atoms with Crippen LogP contribution >= 0.6 is 0 Å². The summed E-state index contributed by atoms with van der Waals surface area (Å²) in [6.07, 6.45) is 6.17. The smallest absolute Gasteiger partial charge is 0.306 e. The molecule has 0 aliphatic carbocycles. The van der Waals surface area contributed by atoms with Crippen molar-refractivity contribution in [3.05, 3.63) is 34.4 Å². The molecule has 0 spiro atoms. The number of rotatable bonds is 9. The van der Waals surface area contributed by atoms with Gasteiger partial charge in [0, 0.05) is 48.9 Å². The highest BCUT2D eigenvalue weighted by atomic mass is 16.6. The number of nitriles is 1. The number of esters is 1. The second-order valence-corrected chi connectivity index (χ2v) is 8.42. The van der Waals surface area contributed by atoms with E-state index in [1.54, 1.807) is 13.1 Å². The summed E-state index contributed by atoms with van der Waals surface area (Å²) in [5.41, 5.74) is 2.37. The van der Waals surface area contributed by atoms with Crippen LogP contribution in [0.2, 0.25) is 0 Å². The van der Waals surface area contributed by atoms with Crippen LogP contribution in [0.1, 0.15) is 57.4 Å². The highest BCUT2D eigenvalue weighted by molar-refractivity contribution is 6.01. The van der Waals surface area contributed by atoms with Crippen LogP contribution in [0, 0.1) is 27.4 Å². The summed E-state index contributed by atoms with van der Waals surface area (Å²) < 4.78 is 7.71. The number of unbranched alkanes of at least 4 members (excludes halogenated alkanes) is 1. The molecule has 4 heterocycles. The van der Waals surface area contributed by atoms with E-state index in [4.69, 9.17) is 15.0 Å². The van der Waals surface area contributed by atoms with Gasteiger partial charge in [0.1, 0.15) is 16.7 Å². The number of fused-ring (bicyclic) bond motifs is 3. The lowest BCUT2D eigenvalue weighted by Gasteiger charge is -2.35. The molecule has 0 saturated carbocycles. The molecule has 1 saturated heterocycles. The lowest BCUT2D eigenvalue weighted by molar-refractivity contribution is -0.480. The van der Waals surface area contributed by atoms with Crippen molar-refractivity contribution in [2.45, 2.75) is 51.6 Å². The summed E-state index contributed by atoms with van der Waals surface area (Å²) in [5, 5.41) is 22.6. The van der Waals surface area contributed by atoms with Gasteiger partial charge < -0.3 is 14.7 Å². The fraction of sp³-hybridized carbons (Fsp3) is 0.545. The van der Waals surface area contributed by atoms with Crippen molar-refractivity contribution in [3.63, 3.8) is 0 Å². The van der Waals surface area contributed by atoms with Crippen molar-refractivity contribution < 1.29 is 14.5 Å². The van der Waals surface area contributed by atoms with Crippen molar-refractivity contribution in [3.8, 4) is 6.07 Å². The fourth-order valence-electron chi connectivity index (χ4n) is 4.39. The zero-order valence-electron chi connectivity index (χ0n) is 18.6. The van der Waals surface area contributed by atoms with Gasteiger partial charge in [-0.05, 0) is 38.2 Å². The zero-order chi connectivity index (χ0) is 23.4. The van der Waals surface area contributed by atoms with E-state index in [-0.39, 0.29) is 17.9 Å². The third-order valence-electron chi connectivity index (χ3n) is 6.10. The van der Waals surface area contributed by atoms with E-state index in [9.17, 15) is 14.9 Å². The lowest BCUT2D eigenvalue weighted by atomic mass is 9.95. The average molecular weight is 454 g/mol. The molecule has 0 radical (unpaired) electrons. The molecule has 1 N–H and O–H groups in total. The number of imidazole rings is 1. The van der Waals surface area contributed by atoms with Crippen molar-refractivity contribution in [2.75, 3.05) is 24.6 Å².